The Morgan fingerprint density at radius 2 is 2.38 bits per heavy atom. The van der Waals surface area contributed by atoms with E-state index in [4.69, 9.17) is 4.42 Å². The van der Waals surface area contributed by atoms with Crippen LogP contribution in [0.4, 0.5) is 0 Å². The first-order valence-corrected chi connectivity index (χ1v) is 7.75. The van der Waals surface area contributed by atoms with Crippen LogP contribution in [0, 0.1) is 0 Å². The zero-order valence-electron chi connectivity index (χ0n) is 11.4. The maximum Gasteiger partial charge on any atom is 0.162 e. The van der Waals surface area contributed by atoms with Gasteiger partial charge in [0.2, 0.25) is 0 Å². The molecule has 1 aliphatic rings. The average Bonchev–Trinajstić information content (AvgIpc) is 3.18. The predicted molar refractivity (Wildman–Crippen MR) is 79.7 cm³/mol. The third-order valence-electron chi connectivity index (χ3n) is 3.62. The molecule has 3 aromatic rings. The fourth-order valence-electron chi connectivity index (χ4n) is 2.56. The molecular formula is C15H14N4OS. The minimum atomic E-state index is 0.836. The van der Waals surface area contributed by atoms with Crippen molar-refractivity contribution in [3.8, 4) is 10.8 Å². The lowest BCUT2D eigenvalue weighted by molar-refractivity contribution is 0.239. The topological polar surface area (TPSA) is 55.1 Å². The van der Waals surface area contributed by atoms with Crippen molar-refractivity contribution < 1.29 is 4.42 Å². The van der Waals surface area contributed by atoms with Gasteiger partial charge in [0.15, 0.2) is 10.8 Å². The molecule has 21 heavy (non-hydrogen) atoms. The average molecular weight is 298 g/mol. The Labute approximate surface area is 126 Å². The molecule has 6 heteroatoms. The molecule has 0 atom stereocenters. The standard InChI is InChI=1S/C15H14N4OS/c1-2-14(20-5-1)15-18-12(9-21-15)7-19-4-3-11-6-16-10-17-13(11)8-19/h1-2,5-6,9-10H,3-4,7-8H2. The molecule has 4 rings (SSSR count). The van der Waals surface area contributed by atoms with Crippen molar-refractivity contribution in [3.05, 3.63) is 53.3 Å². The Kier molecular flexibility index (Phi) is 3.25. The Hall–Kier alpha value is -2.05. The summed E-state index contributed by atoms with van der Waals surface area (Å²) in [7, 11) is 0. The van der Waals surface area contributed by atoms with Gasteiger partial charge in [-0.1, -0.05) is 0 Å². The SMILES string of the molecule is c1coc(-c2nc(CN3CCc4cncnc4C3)cs2)c1. The van der Waals surface area contributed by atoms with Crippen molar-refractivity contribution in [2.75, 3.05) is 6.54 Å². The molecule has 0 aliphatic carbocycles. The first-order chi connectivity index (χ1) is 10.4. The van der Waals surface area contributed by atoms with Gasteiger partial charge < -0.3 is 4.42 Å². The van der Waals surface area contributed by atoms with E-state index in [1.54, 1.807) is 23.9 Å². The van der Waals surface area contributed by atoms with Crippen LogP contribution in [0.5, 0.6) is 0 Å². The van der Waals surface area contributed by atoms with Crippen LogP contribution in [-0.4, -0.2) is 26.4 Å². The zero-order valence-corrected chi connectivity index (χ0v) is 12.2. The maximum absolute atomic E-state index is 5.39. The van der Waals surface area contributed by atoms with Crippen molar-refractivity contribution in [2.45, 2.75) is 19.5 Å². The zero-order chi connectivity index (χ0) is 14.1. The lowest BCUT2D eigenvalue weighted by Gasteiger charge is -2.26. The Balaban J connectivity index is 1.48. The van der Waals surface area contributed by atoms with Crippen LogP contribution in [0.15, 0.2) is 40.7 Å². The predicted octanol–water partition coefficient (Wildman–Crippen LogP) is 2.75. The van der Waals surface area contributed by atoms with Gasteiger partial charge in [0.05, 0.1) is 17.7 Å². The number of nitrogens with zero attached hydrogens (tertiary/aromatic N) is 4. The van der Waals surface area contributed by atoms with Crippen LogP contribution in [-0.2, 0) is 19.5 Å². The number of hydrogen-bond donors (Lipinski definition) is 0. The summed E-state index contributed by atoms with van der Waals surface area (Å²) in [5.41, 5.74) is 3.49. The summed E-state index contributed by atoms with van der Waals surface area (Å²) in [4.78, 5) is 15.5. The summed E-state index contributed by atoms with van der Waals surface area (Å²) < 4.78 is 5.39. The van der Waals surface area contributed by atoms with Gasteiger partial charge in [0.1, 0.15) is 6.33 Å². The Morgan fingerprint density at radius 1 is 1.38 bits per heavy atom. The fraction of sp³-hybridized carbons (Fsp3) is 0.267. The molecule has 0 bridgehead atoms. The summed E-state index contributed by atoms with van der Waals surface area (Å²) >= 11 is 1.62. The van der Waals surface area contributed by atoms with E-state index in [0.717, 1.165) is 48.2 Å². The third-order valence-corrected chi connectivity index (χ3v) is 4.53. The van der Waals surface area contributed by atoms with E-state index in [2.05, 4.69) is 25.2 Å². The minimum absolute atomic E-state index is 0.836. The van der Waals surface area contributed by atoms with Crippen LogP contribution in [0.2, 0.25) is 0 Å². The highest BCUT2D eigenvalue weighted by molar-refractivity contribution is 7.13. The highest BCUT2D eigenvalue weighted by Gasteiger charge is 2.18. The molecule has 1 aliphatic heterocycles. The molecule has 4 heterocycles. The molecule has 0 aromatic carbocycles. The Bertz CT molecular complexity index is 738. The first kappa shape index (κ1) is 12.7. The number of aromatic nitrogens is 3. The van der Waals surface area contributed by atoms with Crippen LogP contribution >= 0.6 is 11.3 Å². The summed E-state index contributed by atoms with van der Waals surface area (Å²) in [6, 6.07) is 3.83. The Morgan fingerprint density at radius 3 is 3.29 bits per heavy atom. The van der Waals surface area contributed by atoms with E-state index in [9.17, 15) is 0 Å². The number of thiazole rings is 1. The van der Waals surface area contributed by atoms with E-state index in [1.807, 2.05) is 18.3 Å². The summed E-state index contributed by atoms with van der Waals surface area (Å²) in [6.45, 7) is 2.74. The van der Waals surface area contributed by atoms with Gasteiger partial charge >= 0.3 is 0 Å². The highest BCUT2D eigenvalue weighted by atomic mass is 32.1. The second-order valence-electron chi connectivity index (χ2n) is 5.08. The van der Waals surface area contributed by atoms with Crippen molar-refractivity contribution in [1.82, 2.24) is 19.9 Å². The molecule has 0 saturated heterocycles. The summed E-state index contributed by atoms with van der Waals surface area (Å²) in [5, 5.41) is 3.04. The molecule has 0 amide bonds. The molecule has 3 aromatic heterocycles. The molecule has 0 radical (unpaired) electrons. The van der Waals surface area contributed by atoms with Crippen molar-refractivity contribution in [1.29, 1.82) is 0 Å². The van der Waals surface area contributed by atoms with Crippen LogP contribution < -0.4 is 0 Å². The molecule has 0 saturated carbocycles. The van der Waals surface area contributed by atoms with E-state index < -0.39 is 0 Å². The normalized spacial score (nSPS) is 15.0. The lowest BCUT2D eigenvalue weighted by atomic mass is 10.1. The number of hydrogen-bond acceptors (Lipinski definition) is 6. The van der Waals surface area contributed by atoms with Gasteiger partial charge in [-0.25, -0.2) is 15.0 Å². The van der Waals surface area contributed by atoms with Gasteiger partial charge in [-0.15, -0.1) is 11.3 Å². The maximum atomic E-state index is 5.39. The molecule has 0 spiro atoms. The van der Waals surface area contributed by atoms with Gasteiger partial charge in [0, 0.05) is 31.2 Å². The van der Waals surface area contributed by atoms with Crippen molar-refractivity contribution in [2.24, 2.45) is 0 Å². The minimum Gasteiger partial charge on any atom is -0.462 e. The first-order valence-electron chi connectivity index (χ1n) is 6.87. The van der Waals surface area contributed by atoms with Gasteiger partial charge in [-0.3, -0.25) is 4.90 Å². The highest BCUT2D eigenvalue weighted by Crippen LogP contribution is 2.25. The number of fused-ring (bicyclic) bond motifs is 1. The van der Waals surface area contributed by atoms with Crippen LogP contribution in [0.25, 0.3) is 10.8 Å². The van der Waals surface area contributed by atoms with Gasteiger partial charge in [0.25, 0.3) is 0 Å². The van der Waals surface area contributed by atoms with E-state index >= 15 is 0 Å². The smallest absolute Gasteiger partial charge is 0.162 e. The molecule has 5 nitrogen and oxygen atoms in total. The molecular weight excluding hydrogens is 284 g/mol. The number of rotatable bonds is 3. The second kappa shape index (κ2) is 5.38. The van der Waals surface area contributed by atoms with E-state index in [0.29, 0.717) is 0 Å². The van der Waals surface area contributed by atoms with Crippen LogP contribution in [0.3, 0.4) is 0 Å². The largest absolute Gasteiger partial charge is 0.462 e. The second-order valence-corrected chi connectivity index (χ2v) is 5.93. The molecule has 0 unspecified atom stereocenters. The summed E-state index contributed by atoms with van der Waals surface area (Å²) in [5.74, 6) is 0.836. The fourth-order valence-corrected chi connectivity index (χ4v) is 3.34. The van der Waals surface area contributed by atoms with Crippen molar-refractivity contribution in [3.63, 3.8) is 0 Å². The third kappa shape index (κ3) is 2.59. The molecule has 0 N–H and O–H groups in total. The van der Waals surface area contributed by atoms with Crippen molar-refractivity contribution >= 4 is 11.3 Å². The quantitative estimate of drug-likeness (QED) is 0.744. The monoisotopic (exact) mass is 298 g/mol. The summed E-state index contributed by atoms with van der Waals surface area (Å²) in [6.07, 6.45) is 6.24. The molecule has 0 fully saturated rings. The van der Waals surface area contributed by atoms with Crippen LogP contribution in [0.1, 0.15) is 17.0 Å². The lowest BCUT2D eigenvalue weighted by Crippen LogP contribution is -2.30. The van der Waals surface area contributed by atoms with E-state index in [1.165, 1.54) is 5.56 Å². The number of furan rings is 1. The van der Waals surface area contributed by atoms with Gasteiger partial charge in [-0.2, -0.15) is 0 Å². The molecule has 106 valence electrons. The van der Waals surface area contributed by atoms with E-state index in [-0.39, 0.29) is 0 Å². The van der Waals surface area contributed by atoms with Gasteiger partial charge in [-0.05, 0) is 24.1 Å².